The molecule has 1 heterocycles. The van der Waals surface area contributed by atoms with Crippen molar-refractivity contribution >= 4 is 22.4 Å². The molecule has 140 valence electrons. The lowest BCUT2D eigenvalue weighted by Crippen LogP contribution is -2.30. The van der Waals surface area contributed by atoms with E-state index in [1.165, 1.54) is 49.9 Å². The van der Waals surface area contributed by atoms with Gasteiger partial charge in [0.25, 0.3) is 0 Å². The van der Waals surface area contributed by atoms with Gasteiger partial charge in [-0.25, -0.2) is 0 Å². The summed E-state index contributed by atoms with van der Waals surface area (Å²) in [6.45, 7) is 2.84. The van der Waals surface area contributed by atoms with Gasteiger partial charge in [-0.05, 0) is 38.0 Å². The fourth-order valence-electron chi connectivity index (χ4n) is 3.57. The first-order valence-corrected chi connectivity index (χ1v) is 10.7. The molecule has 25 heavy (non-hydrogen) atoms. The van der Waals surface area contributed by atoms with Gasteiger partial charge >= 0.3 is 0 Å². The van der Waals surface area contributed by atoms with Gasteiger partial charge < -0.3 is 15.7 Å². The monoisotopic (exact) mass is 365 g/mol. The van der Waals surface area contributed by atoms with Crippen LogP contribution in [-0.2, 0) is 4.79 Å². The number of thiazole rings is 1. The van der Waals surface area contributed by atoms with Crippen molar-refractivity contribution in [3.8, 4) is 5.88 Å². The lowest BCUT2D eigenvalue weighted by Gasteiger charge is -2.15. The van der Waals surface area contributed by atoms with Crippen molar-refractivity contribution in [1.29, 1.82) is 0 Å². The molecule has 1 atom stereocenters. The molecule has 1 amide bonds. The third kappa shape index (κ3) is 5.33. The molecule has 0 radical (unpaired) electrons. The number of carbonyl (C=O) groups excluding carboxylic acids is 1. The number of amides is 1. The second-order valence-corrected chi connectivity index (χ2v) is 8.60. The van der Waals surface area contributed by atoms with Crippen molar-refractivity contribution in [3.05, 3.63) is 4.88 Å². The summed E-state index contributed by atoms with van der Waals surface area (Å²) in [6.07, 6.45) is 11.6. The van der Waals surface area contributed by atoms with Crippen molar-refractivity contribution in [2.24, 2.45) is 5.92 Å². The van der Waals surface area contributed by atoms with Crippen molar-refractivity contribution < 1.29 is 9.90 Å². The molecular formula is C19H31N3O2S. The summed E-state index contributed by atoms with van der Waals surface area (Å²) in [5.41, 5.74) is 0. The fraction of sp³-hybridized carbons (Fsp3) is 0.789. The van der Waals surface area contributed by atoms with Crippen molar-refractivity contribution in [3.63, 3.8) is 0 Å². The van der Waals surface area contributed by atoms with Gasteiger partial charge in [-0.15, -0.1) is 0 Å². The molecule has 0 spiro atoms. The third-order valence-electron chi connectivity index (χ3n) is 5.29. The zero-order valence-corrected chi connectivity index (χ0v) is 16.0. The first-order chi connectivity index (χ1) is 12.2. The van der Waals surface area contributed by atoms with E-state index < -0.39 is 0 Å². The molecule has 0 aliphatic heterocycles. The Kier molecular flexibility index (Phi) is 6.57. The fourth-order valence-corrected chi connectivity index (χ4v) is 4.64. The van der Waals surface area contributed by atoms with Crippen LogP contribution in [0.15, 0.2) is 0 Å². The lowest BCUT2D eigenvalue weighted by atomic mass is 10.0. The smallest absolute Gasteiger partial charge is 0.228 e. The Hall–Kier alpha value is -1.30. The van der Waals surface area contributed by atoms with Crippen LogP contribution in [0.2, 0.25) is 0 Å². The third-order valence-corrected chi connectivity index (χ3v) is 6.38. The minimum absolute atomic E-state index is 0.0288. The predicted octanol–water partition coefficient (Wildman–Crippen LogP) is 4.39. The molecule has 1 aromatic rings. The average Bonchev–Trinajstić information content (AvgIpc) is 3.38. The van der Waals surface area contributed by atoms with Gasteiger partial charge in [-0.2, -0.15) is 4.98 Å². The highest BCUT2D eigenvalue weighted by Gasteiger charge is 2.29. The number of nitrogens with zero attached hydrogens (tertiary/aromatic N) is 1. The number of nitrogens with one attached hydrogen (secondary N) is 2. The molecule has 6 heteroatoms. The van der Waals surface area contributed by atoms with Crippen LogP contribution < -0.4 is 10.6 Å². The average molecular weight is 366 g/mol. The maximum Gasteiger partial charge on any atom is 0.228 e. The Balaban J connectivity index is 1.65. The number of rotatable bonds is 8. The van der Waals surface area contributed by atoms with Crippen molar-refractivity contribution in [1.82, 2.24) is 10.3 Å². The van der Waals surface area contributed by atoms with Gasteiger partial charge in [0.05, 0.1) is 10.8 Å². The Bertz CT molecular complexity index is 563. The SMILES string of the molecule is CCCC(C(=O)NCC1CC1)c1sc(NC2CCCCCC2)nc1O. The van der Waals surface area contributed by atoms with Gasteiger partial charge in [0, 0.05) is 12.6 Å². The summed E-state index contributed by atoms with van der Waals surface area (Å²) >= 11 is 1.45. The lowest BCUT2D eigenvalue weighted by molar-refractivity contribution is -0.122. The Labute approximate surface area is 154 Å². The van der Waals surface area contributed by atoms with Crippen LogP contribution >= 0.6 is 11.3 Å². The van der Waals surface area contributed by atoms with Crippen LogP contribution in [-0.4, -0.2) is 28.6 Å². The van der Waals surface area contributed by atoms with E-state index >= 15 is 0 Å². The van der Waals surface area contributed by atoms with Crippen LogP contribution in [0, 0.1) is 5.92 Å². The van der Waals surface area contributed by atoms with E-state index in [9.17, 15) is 9.90 Å². The van der Waals surface area contributed by atoms with E-state index in [4.69, 9.17) is 0 Å². The molecule has 1 aromatic heterocycles. The predicted molar refractivity (Wildman–Crippen MR) is 102 cm³/mol. The molecular weight excluding hydrogens is 334 g/mol. The molecule has 2 aliphatic carbocycles. The first-order valence-electron chi connectivity index (χ1n) is 9.91. The molecule has 1 unspecified atom stereocenters. The Morgan fingerprint density at radius 2 is 1.96 bits per heavy atom. The summed E-state index contributed by atoms with van der Waals surface area (Å²) in [5, 5.41) is 17.6. The van der Waals surface area contributed by atoms with Gasteiger partial charge in [-0.3, -0.25) is 4.79 Å². The van der Waals surface area contributed by atoms with E-state index in [1.807, 2.05) is 0 Å². The number of carbonyl (C=O) groups is 1. The number of hydrogen-bond donors (Lipinski definition) is 3. The molecule has 3 N–H and O–H groups in total. The van der Waals surface area contributed by atoms with E-state index in [0.29, 0.717) is 16.8 Å². The van der Waals surface area contributed by atoms with Crippen LogP contribution in [0.25, 0.3) is 0 Å². The van der Waals surface area contributed by atoms with E-state index in [-0.39, 0.29) is 17.7 Å². The summed E-state index contributed by atoms with van der Waals surface area (Å²) in [7, 11) is 0. The minimum Gasteiger partial charge on any atom is -0.492 e. The summed E-state index contributed by atoms with van der Waals surface area (Å²) in [4.78, 5) is 17.6. The molecule has 5 nitrogen and oxygen atoms in total. The zero-order chi connectivity index (χ0) is 17.6. The first kappa shape index (κ1) is 18.5. The van der Waals surface area contributed by atoms with Crippen LogP contribution in [0.1, 0.15) is 81.9 Å². The molecule has 0 bridgehead atoms. The zero-order valence-electron chi connectivity index (χ0n) is 15.2. The van der Waals surface area contributed by atoms with Gasteiger partial charge in [-0.1, -0.05) is 50.4 Å². The molecule has 2 aliphatic rings. The number of aromatic hydroxyl groups is 1. The van der Waals surface area contributed by atoms with Crippen molar-refractivity contribution in [2.45, 2.75) is 83.1 Å². The maximum atomic E-state index is 12.6. The topological polar surface area (TPSA) is 74.2 Å². The molecule has 0 aromatic carbocycles. The minimum atomic E-state index is -0.286. The second-order valence-electron chi connectivity index (χ2n) is 7.57. The van der Waals surface area contributed by atoms with Gasteiger partial charge in [0.15, 0.2) is 5.13 Å². The quantitative estimate of drug-likeness (QED) is 0.597. The van der Waals surface area contributed by atoms with E-state index in [0.717, 1.165) is 37.4 Å². The standard InChI is InChI=1S/C19H31N3O2S/c1-2-7-15(17(23)20-12-13-10-11-13)16-18(24)22-19(25-16)21-14-8-5-3-4-6-9-14/h13-15,24H,2-12H2,1H3,(H,20,23)(H,21,22). The Morgan fingerprint density at radius 1 is 1.24 bits per heavy atom. The summed E-state index contributed by atoms with van der Waals surface area (Å²) < 4.78 is 0. The maximum absolute atomic E-state index is 12.6. The summed E-state index contributed by atoms with van der Waals surface area (Å²) in [5.74, 6) is 0.439. The van der Waals surface area contributed by atoms with E-state index in [1.54, 1.807) is 0 Å². The number of hydrogen-bond acceptors (Lipinski definition) is 5. The van der Waals surface area contributed by atoms with Gasteiger partial charge in [0.2, 0.25) is 11.8 Å². The molecule has 0 saturated heterocycles. The highest BCUT2D eigenvalue weighted by Crippen LogP contribution is 2.38. The van der Waals surface area contributed by atoms with Gasteiger partial charge in [0.1, 0.15) is 0 Å². The number of aromatic nitrogens is 1. The highest BCUT2D eigenvalue weighted by atomic mass is 32.1. The Morgan fingerprint density at radius 3 is 2.60 bits per heavy atom. The largest absolute Gasteiger partial charge is 0.492 e. The highest BCUT2D eigenvalue weighted by molar-refractivity contribution is 7.16. The number of anilines is 1. The summed E-state index contributed by atoms with van der Waals surface area (Å²) in [6, 6.07) is 0.439. The van der Waals surface area contributed by atoms with Crippen molar-refractivity contribution in [2.75, 3.05) is 11.9 Å². The van der Waals surface area contributed by atoms with Crippen LogP contribution in [0.4, 0.5) is 5.13 Å². The van der Waals surface area contributed by atoms with Crippen LogP contribution in [0.3, 0.4) is 0 Å². The molecule has 2 saturated carbocycles. The normalized spacial score (nSPS) is 20.0. The molecule has 3 rings (SSSR count). The molecule has 2 fully saturated rings. The second kappa shape index (κ2) is 8.88. The van der Waals surface area contributed by atoms with E-state index in [2.05, 4.69) is 22.5 Å². The van der Waals surface area contributed by atoms with Crippen LogP contribution in [0.5, 0.6) is 5.88 Å².